The Morgan fingerprint density at radius 2 is 1.71 bits per heavy atom. The third kappa shape index (κ3) is 6.01. The minimum Gasteiger partial charge on any atom is -0.478 e. The summed E-state index contributed by atoms with van der Waals surface area (Å²) in [6, 6.07) is 0. The van der Waals surface area contributed by atoms with Crippen molar-refractivity contribution in [2.75, 3.05) is 0 Å². The molecule has 14 heavy (non-hydrogen) atoms. The van der Waals surface area contributed by atoms with E-state index in [4.69, 9.17) is 10.2 Å². The lowest BCUT2D eigenvalue weighted by Gasteiger charge is -2.17. The van der Waals surface area contributed by atoms with Gasteiger partial charge in [0, 0.05) is 0 Å². The standard InChI is InChI=1S/C8H12O6/c1-8(2,3)14-13-5(7(11)12)4-6(9)10/h4H,1-3H3,(H,9,10)(H,11,12). The first-order valence-electron chi connectivity index (χ1n) is 3.76. The first-order valence-corrected chi connectivity index (χ1v) is 3.76. The van der Waals surface area contributed by atoms with E-state index < -0.39 is 23.3 Å². The maximum absolute atomic E-state index is 10.4. The quantitative estimate of drug-likeness (QED) is 0.304. The van der Waals surface area contributed by atoms with Gasteiger partial charge in [0.1, 0.15) is 5.60 Å². The highest BCUT2D eigenvalue weighted by Crippen LogP contribution is 2.10. The molecular formula is C8H12O6. The Bertz CT molecular complexity index is 259. The molecule has 0 aromatic carbocycles. The molecule has 0 amide bonds. The van der Waals surface area contributed by atoms with E-state index in [9.17, 15) is 9.59 Å². The van der Waals surface area contributed by atoms with E-state index in [1.165, 1.54) is 0 Å². The second-order valence-corrected chi connectivity index (χ2v) is 3.43. The van der Waals surface area contributed by atoms with Crippen LogP contribution in [0.5, 0.6) is 0 Å². The molecule has 0 aromatic heterocycles. The van der Waals surface area contributed by atoms with E-state index in [1.807, 2.05) is 0 Å². The number of carbonyl (C=O) groups is 2. The van der Waals surface area contributed by atoms with Crippen molar-refractivity contribution in [3.05, 3.63) is 11.8 Å². The van der Waals surface area contributed by atoms with Crippen LogP contribution in [0.2, 0.25) is 0 Å². The second kappa shape index (κ2) is 4.61. The van der Waals surface area contributed by atoms with Gasteiger partial charge in [-0.05, 0) is 20.8 Å². The zero-order valence-corrected chi connectivity index (χ0v) is 8.10. The minimum atomic E-state index is -1.50. The monoisotopic (exact) mass is 204 g/mol. The van der Waals surface area contributed by atoms with E-state index in [2.05, 4.69) is 9.78 Å². The van der Waals surface area contributed by atoms with Gasteiger partial charge in [-0.3, -0.25) is 0 Å². The molecule has 0 heterocycles. The fraction of sp³-hybridized carbons (Fsp3) is 0.500. The zero-order chi connectivity index (χ0) is 11.4. The molecule has 6 nitrogen and oxygen atoms in total. The summed E-state index contributed by atoms with van der Waals surface area (Å²) in [6.07, 6.45) is 0.411. The second-order valence-electron chi connectivity index (χ2n) is 3.43. The largest absolute Gasteiger partial charge is 0.478 e. The average molecular weight is 204 g/mol. The summed E-state index contributed by atoms with van der Waals surface area (Å²) >= 11 is 0. The summed E-state index contributed by atoms with van der Waals surface area (Å²) in [7, 11) is 0. The van der Waals surface area contributed by atoms with Gasteiger partial charge in [0.2, 0.25) is 0 Å². The molecule has 0 aliphatic carbocycles. The fourth-order valence-corrected chi connectivity index (χ4v) is 0.403. The Balaban J connectivity index is 4.41. The summed E-state index contributed by atoms with van der Waals surface area (Å²) in [6.45, 7) is 4.90. The van der Waals surface area contributed by atoms with Crippen LogP contribution in [0.4, 0.5) is 0 Å². The zero-order valence-electron chi connectivity index (χ0n) is 8.10. The van der Waals surface area contributed by atoms with Crippen molar-refractivity contribution in [2.24, 2.45) is 0 Å². The molecule has 0 saturated carbocycles. The third-order valence-corrected chi connectivity index (χ3v) is 0.847. The van der Waals surface area contributed by atoms with E-state index in [0.717, 1.165) is 0 Å². The molecule has 0 spiro atoms. The van der Waals surface area contributed by atoms with Gasteiger partial charge in [0.25, 0.3) is 5.76 Å². The molecule has 0 aliphatic heterocycles. The molecule has 0 rings (SSSR count). The maximum Gasteiger partial charge on any atom is 0.375 e. The Hall–Kier alpha value is -1.56. The molecule has 0 aromatic rings. The van der Waals surface area contributed by atoms with Crippen molar-refractivity contribution < 1.29 is 29.6 Å². The van der Waals surface area contributed by atoms with Crippen LogP contribution in [-0.4, -0.2) is 27.8 Å². The SMILES string of the molecule is CC(C)(C)OOC(=CC(=O)O)C(=O)O. The normalized spacial score (nSPS) is 12.4. The Kier molecular flexibility index (Phi) is 4.10. The summed E-state index contributed by atoms with van der Waals surface area (Å²) < 4.78 is 0. The fourth-order valence-electron chi connectivity index (χ4n) is 0.403. The Labute approximate surface area is 80.7 Å². The number of carboxylic acid groups (broad SMARTS) is 2. The molecule has 6 heteroatoms. The molecule has 0 saturated heterocycles. The number of aliphatic carboxylic acids is 2. The topological polar surface area (TPSA) is 93.1 Å². The molecule has 0 radical (unpaired) electrons. The van der Waals surface area contributed by atoms with Gasteiger partial charge < -0.3 is 15.1 Å². The number of carboxylic acids is 2. The van der Waals surface area contributed by atoms with Crippen molar-refractivity contribution in [3.8, 4) is 0 Å². The summed E-state index contributed by atoms with van der Waals surface area (Å²) in [5.74, 6) is -3.69. The van der Waals surface area contributed by atoms with E-state index >= 15 is 0 Å². The van der Waals surface area contributed by atoms with Gasteiger partial charge >= 0.3 is 11.9 Å². The summed E-state index contributed by atoms with van der Waals surface area (Å²) in [4.78, 5) is 29.6. The van der Waals surface area contributed by atoms with Crippen LogP contribution in [0.25, 0.3) is 0 Å². The highest BCUT2D eigenvalue weighted by atomic mass is 17.2. The minimum absolute atomic E-state index is 0.411. The van der Waals surface area contributed by atoms with Crippen LogP contribution in [-0.2, 0) is 19.4 Å². The van der Waals surface area contributed by atoms with Crippen LogP contribution < -0.4 is 0 Å². The lowest BCUT2D eigenvalue weighted by molar-refractivity contribution is -0.320. The van der Waals surface area contributed by atoms with Gasteiger partial charge in [0.15, 0.2) is 0 Å². The predicted molar refractivity (Wildman–Crippen MR) is 45.3 cm³/mol. The van der Waals surface area contributed by atoms with E-state index in [1.54, 1.807) is 20.8 Å². The third-order valence-electron chi connectivity index (χ3n) is 0.847. The number of rotatable bonds is 4. The molecule has 2 N–H and O–H groups in total. The van der Waals surface area contributed by atoms with Gasteiger partial charge in [-0.2, -0.15) is 4.89 Å². The van der Waals surface area contributed by atoms with Crippen molar-refractivity contribution in [3.63, 3.8) is 0 Å². The van der Waals surface area contributed by atoms with Crippen LogP contribution in [0.3, 0.4) is 0 Å². The van der Waals surface area contributed by atoms with Crippen LogP contribution >= 0.6 is 0 Å². The van der Waals surface area contributed by atoms with Crippen LogP contribution in [0.1, 0.15) is 20.8 Å². The lowest BCUT2D eigenvalue weighted by Crippen LogP contribution is -2.21. The lowest BCUT2D eigenvalue weighted by atomic mass is 10.2. The van der Waals surface area contributed by atoms with Crippen molar-refractivity contribution in [1.82, 2.24) is 0 Å². The smallest absolute Gasteiger partial charge is 0.375 e. The Morgan fingerprint density at radius 3 is 2.00 bits per heavy atom. The molecular weight excluding hydrogens is 192 g/mol. The van der Waals surface area contributed by atoms with Gasteiger partial charge in [-0.15, -0.1) is 0 Å². The predicted octanol–water partition coefficient (Wildman–Crippen LogP) is 0.786. The molecule has 0 unspecified atom stereocenters. The highest BCUT2D eigenvalue weighted by molar-refractivity contribution is 5.92. The number of hydrogen-bond donors (Lipinski definition) is 2. The average Bonchev–Trinajstić information content (AvgIpc) is 1.94. The van der Waals surface area contributed by atoms with E-state index in [-0.39, 0.29) is 0 Å². The molecule has 80 valence electrons. The molecule has 0 bridgehead atoms. The highest BCUT2D eigenvalue weighted by Gasteiger charge is 2.18. The van der Waals surface area contributed by atoms with Crippen molar-refractivity contribution in [2.45, 2.75) is 26.4 Å². The van der Waals surface area contributed by atoms with E-state index in [0.29, 0.717) is 6.08 Å². The maximum atomic E-state index is 10.4. The van der Waals surface area contributed by atoms with Gasteiger partial charge in [-0.25, -0.2) is 9.59 Å². The van der Waals surface area contributed by atoms with Crippen LogP contribution in [0, 0.1) is 0 Å². The number of hydrogen-bond acceptors (Lipinski definition) is 4. The molecule has 0 aliphatic rings. The first-order chi connectivity index (χ1) is 6.22. The molecule has 0 fully saturated rings. The van der Waals surface area contributed by atoms with Gasteiger partial charge in [0.05, 0.1) is 6.08 Å². The van der Waals surface area contributed by atoms with Crippen molar-refractivity contribution >= 4 is 11.9 Å². The summed E-state index contributed by atoms with van der Waals surface area (Å²) in [5.41, 5.74) is -0.715. The Morgan fingerprint density at radius 1 is 1.21 bits per heavy atom. The van der Waals surface area contributed by atoms with Crippen LogP contribution in [0.15, 0.2) is 11.8 Å². The van der Waals surface area contributed by atoms with Gasteiger partial charge in [-0.1, -0.05) is 0 Å². The summed E-state index contributed by atoms with van der Waals surface area (Å²) in [5, 5.41) is 16.8. The first kappa shape index (κ1) is 12.4. The van der Waals surface area contributed by atoms with Crippen molar-refractivity contribution in [1.29, 1.82) is 0 Å². The molecule has 0 atom stereocenters.